The predicted molar refractivity (Wildman–Crippen MR) is 64.8 cm³/mol. The number of nitrogens with one attached hydrogen (secondary N) is 1. The number of benzene rings is 1. The highest BCUT2D eigenvalue weighted by molar-refractivity contribution is 7.14. The van der Waals surface area contributed by atoms with Gasteiger partial charge in [-0.2, -0.15) is 0 Å². The third kappa shape index (κ3) is 2.45. The number of nitro benzene ring substituents is 1. The minimum absolute atomic E-state index is 0.0552. The van der Waals surface area contributed by atoms with E-state index in [9.17, 15) is 10.1 Å². The first-order valence-corrected chi connectivity index (χ1v) is 5.75. The second kappa shape index (κ2) is 4.98. The van der Waals surface area contributed by atoms with Gasteiger partial charge >= 0.3 is 0 Å². The summed E-state index contributed by atoms with van der Waals surface area (Å²) in [5.41, 5.74) is 0.567. The fraction of sp³-hybridized carbons (Fsp3) is 0.200. The largest absolute Gasteiger partial charge is 0.313 e. The molecule has 0 radical (unpaired) electrons. The quantitative estimate of drug-likeness (QED) is 0.661. The van der Waals surface area contributed by atoms with Gasteiger partial charge < -0.3 is 5.32 Å². The van der Waals surface area contributed by atoms with Gasteiger partial charge in [0.15, 0.2) is 5.01 Å². The van der Waals surface area contributed by atoms with Crippen LogP contribution in [0.3, 0.4) is 0 Å². The highest BCUT2D eigenvalue weighted by atomic mass is 32.1. The normalized spacial score (nSPS) is 10.4. The minimum atomic E-state index is -0.408. The lowest BCUT2D eigenvalue weighted by Crippen LogP contribution is -2.04. The second-order valence-corrected chi connectivity index (χ2v) is 4.37. The molecule has 0 aliphatic heterocycles. The Bertz CT molecular complexity index is 541. The van der Waals surface area contributed by atoms with Crippen molar-refractivity contribution in [3.05, 3.63) is 39.4 Å². The van der Waals surface area contributed by atoms with Gasteiger partial charge in [0.25, 0.3) is 5.69 Å². The number of nitro groups is 1. The van der Waals surface area contributed by atoms with Crippen LogP contribution >= 0.6 is 11.3 Å². The Kier molecular flexibility index (Phi) is 3.40. The van der Waals surface area contributed by atoms with Gasteiger partial charge in [0, 0.05) is 12.6 Å². The summed E-state index contributed by atoms with van der Waals surface area (Å²) >= 11 is 1.35. The zero-order valence-electron chi connectivity index (χ0n) is 9.08. The Balaban J connectivity index is 2.41. The van der Waals surface area contributed by atoms with Crippen molar-refractivity contribution >= 4 is 17.0 Å². The molecule has 2 rings (SSSR count). The molecular weight excluding hydrogens is 240 g/mol. The molecule has 0 fully saturated rings. The van der Waals surface area contributed by atoms with E-state index in [1.165, 1.54) is 17.4 Å². The molecule has 0 spiro atoms. The summed E-state index contributed by atoms with van der Waals surface area (Å²) in [6, 6.07) is 6.54. The van der Waals surface area contributed by atoms with Gasteiger partial charge in [-0.1, -0.05) is 23.5 Å². The monoisotopic (exact) mass is 250 g/mol. The molecule has 1 aromatic heterocycles. The molecule has 0 saturated heterocycles. The lowest BCUT2D eigenvalue weighted by molar-refractivity contribution is -0.384. The SMILES string of the molecule is CNCc1nnc(-c2ccccc2[N+](=O)[O-])s1. The molecule has 17 heavy (non-hydrogen) atoms. The average Bonchev–Trinajstić information content (AvgIpc) is 2.78. The van der Waals surface area contributed by atoms with E-state index in [1.807, 2.05) is 7.05 Å². The van der Waals surface area contributed by atoms with Crippen LogP contribution in [0.2, 0.25) is 0 Å². The number of rotatable bonds is 4. The van der Waals surface area contributed by atoms with Crippen LogP contribution in [-0.4, -0.2) is 22.2 Å². The van der Waals surface area contributed by atoms with E-state index in [1.54, 1.807) is 18.2 Å². The second-order valence-electron chi connectivity index (χ2n) is 3.31. The van der Waals surface area contributed by atoms with Gasteiger partial charge in [-0.15, -0.1) is 10.2 Å². The Labute approximate surface area is 101 Å². The number of para-hydroxylation sites is 1. The summed E-state index contributed by atoms with van der Waals surface area (Å²) in [5, 5.41) is 23.2. The van der Waals surface area contributed by atoms with E-state index < -0.39 is 4.92 Å². The zero-order valence-corrected chi connectivity index (χ0v) is 9.90. The van der Waals surface area contributed by atoms with Crippen molar-refractivity contribution in [3.8, 4) is 10.6 Å². The molecule has 1 N–H and O–H groups in total. The predicted octanol–water partition coefficient (Wildman–Crippen LogP) is 1.83. The summed E-state index contributed by atoms with van der Waals surface area (Å²) in [7, 11) is 1.81. The van der Waals surface area contributed by atoms with Crippen LogP contribution in [0.4, 0.5) is 5.69 Å². The van der Waals surface area contributed by atoms with Gasteiger partial charge in [-0.3, -0.25) is 10.1 Å². The van der Waals surface area contributed by atoms with Crippen LogP contribution < -0.4 is 5.32 Å². The van der Waals surface area contributed by atoms with Crippen molar-refractivity contribution in [2.45, 2.75) is 6.54 Å². The molecule has 0 aliphatic rings. The first-order valence-electron chi connectivity index (χ1n) is 4.93. The van der Waals surface area contributed by atoms with E-state index in [0.717, 1.165) is 5.01 Å². The summed E-state index contributed by atoms with van der Waals surface area (Å²) in [4.78, 5) is 10.5. The lowest BCUT2D eigenvalue weighted by atomic mass is 10.2. The van der Waals surface area contributed by atoms with Gasteiger partial charge in [-0.05, 0) is 13.1 Å². The molecule has 2 aromatic rings. The summed E-state index contributed by atoms with van der Waals surface area (Å²) in [6.45, 7) is 0.609. The number of hydrogen-bond donors (Lipinski definition) is 1. The van der Waals surface area contributed by atoms with E-state index in [2.05, 4.69) is 15.5 Å². The van der Waals surface area contributed by atoms with Crippen LogP contribution in [0.25, 0.3) is 10.6 Å². The molecular formula is C10H10N4O2S. The van der Waals surface area contributed by atoms with E-state index in [4.69, 9.17) is 0 Å². The zero-order chi connectivity index (χ0) is 12.3. The third-order valence-corrected chi connectivity index (χ3v) is 3.08. The van der Waals surface area contributed by atoms with Crippen LogP contribution in [-0.2, 0) is 6.54 Å². The van der Waals surface area contributed by atoms with Gasteiger partial charge in [0.05, 0.1) is 10.5 Å². The molecule has 0 saturated carbocycles. The summed E-state index contributed by atoms with van der Waals surface area (Å²) in [5.74, 6) is 0. The maximum atomic E-state index is 10.9. The van der Waals surface area contributed by atoms with Gasteiger partial charge in [-0.25, -0.2) is 0 Å². The Morgan fingerprint density at radius 3 is 2.88 bits per heavy atom. The van der Waals surface area contributed by atoms with Crippen molar-refractivity contribution in [3.63, 3.8) is 0 Å². The molecule has 7 heteroatoms. The molecule has 6 nitrogen and oxygen atoms in total. The van der Waals surface area contributed by atoms with Crippen molar-refractivity contribution in [2.24, 2.45) is 0 Å². The molecule has 0 unspecified atom stereocenters. The first-order chi connectivity index (χ1) is 8.22. The first kappa shape index (κ1) is 11.6. The highest BCUT2D eigenvalue weighted by Crippen LogP contribution is 2.31. The van der Waals surface area contributed by atoms with Crippen LogP contribution in [0.15, 0.2) is 24.3 Å². The van der Waals surface area contributed by atoms with Crippen molar-refractivity contribution in [1.29, 1.82) is 0 Å². The van der Waals surface area contributed by atoms with Crippen molar-refractivity contribution in [2.75, 3.05) is 7.05 Å². The summed E-state index contributed by atoms with van der Waals surface area (Å²) < 4.78 is 0. The van der Waals surface area contributed by atoms with Gasteiger partial charge in [0.2, 0.25) is 0 Å². The maximum absolute atomic E-state index is 10.9. The average molecular weight is 250 g/mol. The van der Waals surface area contributed by atoms with E-state index in [0.29, 0.717) is 17.1 Å². The number of aromatic nitrogens is 2. The van der Waals surface area contributed by atoms with Gasteiger partial charge in [0.1, 0.15) is 5.01 Å². The molecule has 0 aliphatic carbocycles. The van der Waals surface area contributed by atoms with E-state index in [-0.39, 0.29) is 5.69 Å². The Morgan fingerprint density at radius 2 is 2.18 bits per heavy atom. The Hall–Kier alpha value is -1.86. The highest BCUT2D eigenvalue weighted by Gasteiger charge is 2.17. The standard InChI is InChI=1S/C10H10N4O2S/c1-11-6-9-12-13-10(17-9)7-4-2-3-5-8(7)14(15)16/h2-5,11H,6H2,1H3. The molecule has 88 valence electrons. The Morgan fingerprint density at radius 1 is 1.41 bits per heavy atom. The maximum Gasteiger partial charge on any atom is 0.279 e. The number of nitrogens with zero attached hydrogens (tertiary/aromatic N) is 3. The van der Waals surface area contributed by atoms with E-state index >= 15 is 0 Å². The molecule has 1 aromatic carbocycles. The fourth-order valence-electron chi connectivity index (χ4n) is 1.40. The lowest BCUT2D eigenvalue weighted by Gasteiger charge is -1.96. The van der Waals surface area contributed by atoms with Crippen molar-refractivity contribution < 1.29 is 4.92 Å². The van der Waals surface area contributed by atoms with Crippen LogP contribution in [0, 0.1) is 10.1 Å². The molecule has 0 amide bonds. The molecule has 0 atom stereocenters. The minimum Gasteiger partial charge on any atom is -0.313 e. The smallest absolute Gasteiger partial charge is 0.279 e. The topological polar surface area (TPSA) is 81.0 Å². The van der Waals surface area contributed by atoms with Crippen LogP contribution in [0.1, 0.15) is 5.01 Å². The molecule has 1 heterocycles. The molecule has 0 bridgehead atoms. The van der Waals surface area contributed by atoms with Crippen LogP contribution in [0.5, 0.6) is 0 Å². The third-order valence-electron chi connectivity index (χ3n) is 2.13. The summed E-state index contributed by atoms with van der Waals surface area (Å²) in [6.07, 6.45) is 0. The fourth-order valence-corrected chi connectivity index (χ4v) is 2.28. The van der Waals surface area contributed by atoms with Crippen molar-refractivity contribution in [1.82, 2.24) is 15.5 Å². The number of hydrogen-bond acceptors (Lipinski definition) is 6.